The number of piperidine rings is 1. The summed E-state index contributed by atoms with van der Waals surface area (Å²) in [4.78, 5) is 38.3. The number of halogens is 3. The molecule has 3 aliphatic rings. The number of carbonyl (C=O) groups excluding carboxylic acids is 3. The van der Waals surface area contributed by atoms with E-state index in [1.54, 1.807) is 34.1 Å². The largest absolute Gasteiger partial charge is 0.473 e. The Morgan fingerprint density at radius 1 is 1.16 bits per heavy atom. The van der Waals surface area contributed by atoms with Crippen LogP contribution < -0.4 is 20.4 Å². The Labute approximate surface area is 267 Å². The van der Waals surface area contributed by atoms with Crippen molar-refractivity contribution in [2.24, 2.45) is 0 Å². The van der Waals surface area contributed by atoms with Crippen molar-refractivity contribution < 1.29 is 38.1 Å². The van der Waals surface area contributed by atoms with E-state index in [-0.39, 0.29) is 30.6 Å². The van der Waals surface area contributed by atoms with Crippen molar-refractivity contribution in [2.45, 2.75) is 50.6 Å². The quantitative estimate of drug-likeness (QED) is 0.106. The van der Waals surface area contributed by atoms with Crippen molar-refractivity contribution in [1.29, 1.82) is 0 Å². The molecule has 1 atom stereocenters. The molecule has 0 aromatic heterocycles. The lowest BCUT2D eigenvalue weighted by atomic mass is 9.89. The molecular formula is C30H37BClF2N5O6. The fraction of sp³-hybridized carbons (Fsp3) is 0.433. The first-order valence-electron chi connectivity index (χ1n) is 14.4. The first-order valence-corrected chi connectivity index (χ1v) is 14.7. The Kier molecular flexibility index (Phi) is 12.2. The number of imide groups is 1. The Hall–Kier alpha value is -3.88. The van der Waals surface area contributed by atoms with Gasteiger partial charge in [0.25, 0.3) is 0 Å². The minimum absolute atomic E-state index is 0.0145. The molecule has 0 bridgehead atoms. The molecule has 1 unspecified atom stereocenters. The van der Waals surface area contributed by atoms with Crippen LogP contribution in [-0.2, 0) is 19.1 Å². The van der Waals surface area contributed by atoms with Gasteiger partial charge < -0.3 is 35.0 Å². The van der Waals surface area contributed by atoms with Gasteiger partial charge in [0.2, 0.25) is 18.2 Å². The number of hydrogen-bond acceptors (Lipinski definition) is 9. The number of rotatable bonds is 9. The Bertz CT molecular complexity index is 1340. The zero-order chi connectivity index (χ0) is 33.5. The number of ether oxygens (including phenoxy) is 1. The molecule has 11 nitrogen and oxygen atoms in total. The number of aliphatic hydroxyl groups is 2. The SMILES string of the molecule is C=C(NC1CN(c2cc(F)c(C3CCC(=O)NC3=O)c(F)c2)C1)OC1CN(C=O)C1.CC.[B]C(O)(O)N(C)c1ccc(Cl)cc1. The van der Waals surface area contributed by atoms with Crippen molar-refractivity contribution in [1.82, 2.24) is 15.5 Å². The van der Waals surface area contributed by atoms with Crippen LogP contribution in [0, 0.1) is 11.6 Å². The molecule has 2 aromatic rings. The number of anilines is 2. The van der Waals surface area contributed by atoms with Crippen molar-refractivity contribution in [3.8, 4) is 0 Å². The molecule has 3 amide bonds. The van der Waals surface area contributed by atoms with Gasteiger partial charge in [-0.25, -0.2) is 8.78 Å². The smallest absolute Gasteiger partial charge is 0.234 e. The average Bonchev–Trinajstić information content (AvgIpc) is 2.94. The van der Waals surface area contributed by atoms with Gasteiger partial charge in [0.1, 0.15) is 17.7 Å². The fourth-order valence-electron chi connectivity index (χ4n) is 4.78. The first kappa shape index (κ1) is 35.6. The van der Waals surface area contributed by atoms with E-state index in [9.17, 15) is 23.2 Å². The third-order valence-corrected chi connectivity index (χ3v) is 7.56. The van der Waals surface area contributed by atoms with Crippen LogP contribution in [-0.4, -0.2) is 92.4 Å². The predicted octanol–water partition coefficient (Wildman–Crippen LogP) is 2.16. The molecule has 0 aliphatic carbocycles. The molecule has 15 heteroatoms. The van der Waals surface area contributed by atoms with E-state index in [1.807, 2.05) is 13.8 Å². The van der Waals surface area contributed by atoms with Crippen LogP contribution in [0.1, 0.15) is 38.2 Å². The van der Waals surface area contributed by atoms with Crippen molar-refractivity contribution in [3.63, 3.8) is 0 Å². The highest BCUT2D eigenvalue weighted by molar-refractivity contribution is 6.30. The summed E-state index contributed by atoms with van der Waals surface area (Å²) < 4.78 is 34.9. The highest BCUT2D eigenvalue weighted by atomic mass is 35.5. The van der Waals surface area contributed by atoms with E-state index >= 15 is 0 Å². The molecule has 3 heterocycles. The van der Waals surface area contributed by atoms with E-state index in [4.69, 9.17) is 34.4 Å². The Morgan fingerprint density at radius 2 is 1.73 bits per heavy atom. The van der Waals surface area contributed by atoms with Gasteiger partial charge in [0, 0.05) is 48.5 Å². The monoisotopic (exact) mass is 647 g/mol. The molecule has 3 aliphatic heterocycles. The summed E-state index contributed by atoms with van der Waals surface area (Å²) in [6.07, 6.45) is 0.830. The second kappa shape index (κ2) is 15.4. The Balaban J connectivity index is 0.000000309. The molecular weight excluding hydrogens is 611 g/mol. The zero-order valence-corrected chi connectivity index (χ0v) is 26.1. The highest BCUT2D eigenvalue weighted by Gasteiger charge is 2.35. The maximum atomic E-state index is 14.6. The summed E-state index contributed by atoms with van der Waals surface area (Å²) in [7, 11) is 6.51. The predicted molar refractivity (Wildman–Crippen MR) is 166 cm³/mol. The minimum atomic E-state index is -2.35. The average molecular weight is 648 g/mol. The van der Waals surface area contributed by atoms with E-state index in [0.29, 0.717) is 48.5 Å². The number of nitrogens with one attached hydrogen (secondary N) is 2. The van der Waals surface area contributed by atoms with Crippen LogP contribution in [0.25, 0.3) is 0 Å². The lowest BCUT2D eigenvalue weighted by Crippen LogP contribution is -2.59. The molecule has 0 saturated carbocycles. The third kappa shape index (κ3) is 9.32. The number of carbonyl (C=O) groups is 3. The van der Waals surface area contributed by atoms with Crippen molar-refractivity contribution in [3.05, 3.63) is 71.1 Å². The summed E-state index contributed by atoms with van der Waals surface area (Å²) >= 11 is 5.66. The van der Waals surface area contributed by atoms with E-state index in [0.717, 1.165) is 11.3 Å². The Morgan fingerprint density at radius 3 is 2.24 bits per heavy atom. The van der Waals surface area contributed by atoms with Gasteiger partial charge in [0.05, 0.1) is 25.0 Å². The maximum absolute atomic E-state index is 14.6. The first-order chi connectivity index (χ1) is 21.2. The van der Waals surface area contributed by atoms with E-state index in [1.165, 1.54) is 19.2 Å². The highest BCUT2D eigenvalue weighted by Crippen LogP contribution is 2.33. The number of hydrogen-bond donors (Lipinski definition) is 4. The lowest BCUT2D eigenvalue weighted by molar-refractivity contribution is -0.134. The van der Waals surface area contributed by atoms with Gasteiger partial charge in [0.15, 0.2) is 19.5 Å². The minimum Gasteiger partial charge on any atom is -0.473 e. The standard InChI is InChI=1S/C20H22F2N4O4.C8H9BClNO2.C2H6/c1-11(30-14-8-25(9-14)10-27)23-12-6-26(7-12)13-4-16(21)19(17(22)5-13)15-2-3-18(28)24-20(15)29;1-11(8(9,12)13)7-4-2-6(10)3-5-7;1-2/h4-5,10,12,14-15,23H,1-3,6-9H2,(H,24,28,29);2-5,12-13H,1H3;1-2H3. The molecule has 3 fully saturated rings. The van der Waals surface area contributed by atoms with Crippen LogP contribution in [0.5, 0.6) is 0 Å². The fourth-order valence-corrected chi connectivity index (χ4v) is 4.91. The van der Waals surface area contributed by atoms with Gasteiger partial charge in [-0.3, -0.25) is 19.7 Å². The van der Waals surface area contributed by atoms with Crippen molar-refractivity contribution >= 4 is 49.0 Å². The molecule has 45 heavy (non-hydrogen) atoms. The third-order valence-electron chi connectivity index (χ3n) is 7.31. The molecule has 242 valence electrons. The van der Waals surface area contributed by atoms with Gasteiger partial charge in [-0.05, 0) is 49.4 Å². The van der Waals surface area contributed by atoms with Gasteiger partial charge in [-0.15, -0.1) is 0 Å². The maximum Gasteiger partial charge on any atom is 0.234 e. The molecule has 2 aromatic carbocycles. The molecule has 5 rings (SSSR count). The summed E-state index contributed by atoms with van der Waals surface area (Å²) in [5.41, 5.74) is 0.647. The number of nitrogens with zero attached hydrogens (tertiary/aromatic N) is 3. The normalized spacial score (nSPS) is 18.2. The molecule has 2 radical (unpaired) electrons. The summed E-state index contributed by atoms with van der Waals surface area (Å²) in [5.74, 6) is -5.66. The van der Waals surface area contributed by atoms with Crippen LogP contribution in [0.4, 0.5) is 20.2 Å². The zero-order valence-electron chi connectivity index (χ0n) is 25.3. The van der Waals surface area contributed by atoms with Crippen LogP contribution in [0.15, 0.2) is 48.9 Å². The van der Waals surface area contributed by atoms with E-state index in [2.05, 4.69) is 17.2 Å². The van der Waals surface area contributed by atoms with Gasteiger partial charge >= 0.3 is 0 Å². The molecule has 4 N–H and O–H groups in total. The number of amides is 3. The molecule has 0 spiro atoms. The lowest BCUT2D eigenvalue weighted by Gasteiger charge is -2.43. The van der Waals surface area contributed by atoms with E-state index < -0.39 is 35.2 Å². The van der Waals surface area contributed by atoms with Crippen molar-refractivity contribution in [2.75, 3.05) is 43.0 Å². The molecule has 3 saturated heterocycles. The van der Waals surface area contributed by atoms with Gasteiger partial charge in [-0.2, -0.15) is 0 Å². The summed E-state index contributed by atoms with van der Waals surface area (Å²) in [6.45, 7) is 9.87. The topological polar surface area (TPSA) is 135 Å². The second-order valence-electron chi connectivity index (χ2n) is 10.5. The second-order valence-corrected chi connectivity index (χ2v) is 11.0. The van der Waals surface area contributed by atoms with Crippen LogP contribution in [0.2, 0.25) is 5.02 Å². The number of benzene rings is 2. The van der Waals surface area contributed by atoms with Gasteiger partial charge in [-0.1, -0.05) is 25.4 Å². The van der Waals surface area contributed by atoms with Crippen LogP contribution >= 0.6 is 11.6 Å². The summed E-state index contributed by atoms with van der Waals surface area (Å²) in [6, 6.07) is 8.99. The van der Waals surface area contributed by atoms with Crippen LogP contribution in [0.3, 0.4) is 0 Å². The number of likely N-dealkylation sites (tertiary alicyclic amines) is 1. The summed E-state index contributed by atoms with van der Waals surface area (Å²) in [5, 5.41) is 23.9.